The van der Waals surface area contributed by atoms with E-state index in [1.165, 1.54) is 4.90 Å². The first-order valence-electron chi connectivity index (χ1n) is 5.86. The molecule has 0 radical (unpaired) electrons. The minimum Gasteiger partial charge on any atom is -0.508 e. The molecular formula is C15H16O2S. The van der Waals surface area contributed by atoms with Gasteiger partial charge in [0.15, 0.2) is 0 Å². The van der Waals surface area contributed by atoms with E-state index >= 15 is 0 Å². The van der Waals surface area contributed by atoms with E-state index in [9.17, 15) is 5.11 Å². The third-order valence-corrected chi connectivity index (χ3v) is 3.84. The van der Waals surface area contributed by atoms with E-state index < -0.39 is 0 Å². The first-order valence-corrected chi connectivity index (χ1v) is 6.68. The summed E-state index contributed by atoms with van der Waals surface area (Å²) in [6.45, 7) is 2.09. The molecule has 0 spiro atoms. The van der Waals surface area contributed by atoms with E-state index in [1.54, 1.807) is 24.9 Å². The molecule has 2 aromatic rings. The van der Waals surface area contributed by atoms with Crippen molar-refractivity contribution in [2.75, 3.05) is 7.11 Å². The van der Waals surface area contributed by atoms with Crippen LogP contribution in [0.25, 0.3) is 0 Å². The van der Waals surface area contributed by atoms with Gasteiger partial charge in [0.2, 0.25) is 0 Å². The molecule has 2 aromatic carbocycles. The van der Waals surface area contributed by atoms with E-state index in [2.05, 4.69) is 6.92 Å². The van der Waals surface area contributed by atoms with E-state index in [4.69, 9.17) is 4.74 Å². The summed E-state index contributed by atoms with van der Waals surface area (Å²) in [7, 11) is 1.66. The van der Waals surface area contributed by atoms with Crippen molar-refractivity contribution >= 4 is 11.8 Å². The number of aryl methyl sites for hydroxylation is 1. The minimum absolute atomic E-state index is 0.325. The number of hydrogen-bond donors (Lipinski definition) is 1. The predicted molar refractivity (Wildman–Crippen MR) is 74.6 cm³/mol. The van der Waals surface area contributed by atoms with Gasteiger partial charge >= 0.3 is 0 Å². The van der Waals surface area contributed by atoms with Crippen LogP contribution in [0.1, 0.15) is 12.5 Å². The van der Waals surface area contributed by atoms with Gasteiger partial charge in [0, 0.05) is 9.79 Å². The molecule has 0 atom stereocenters. The quantitative estimate of drug-likeness (QED) is 0.897. The Kier molecular flexibility index (Phi) is 4.15. The summed E-state index contributed by atoms with van der Waals surface area (Å²) >= 11 is 1.70. The van der Waals surface area contributed by atoms with E-state index in [-0.39, 0.29) is 0 Å². The molecule has 0 fully saturated rings. The molecule has 0 heterocycles. The normalized spacial score (nSPS) is 10.3. The van der Waals surface area contributed by atoms with Crippen LogP contribution < -0.4 is 4.74 Å². The Hall–Kier alpha value is -1.61. The zero-order valence-corrected chi connectivity index (χ0v) is 11.3. The first-order chi connectivity index (χ1) is 8.72. The van der Waals surface area contributed by atoms with Gasteiger partial charge in [-0.2, -0.15) is 0 Å². The maximum absolute atomic E-state index is 9.48. The summed E-state index contributed by atoms with van der Waals surface area (Å²) in [5, 5.41) is 9.48. The van der Waals surface area contributed by atoms with Gasteiger partial charge in [0.1, 0.15) is 11.5 Å². The summed E-state index contributed by atoms with van der Waals surface area (Å²) in [5.74, 6) is 1.19. The second-order valence-electron chi connectivity index (χ2n) is 3.92. The molecule has 18 heavy (non-hydrogen) atoms. The summed E-state index contributed by atoms with van der Waals surface area (Å²) < 4.78 is 5.14. The molecule has 0 aliphatic heterocycles. The van der Waals surface area contributed by atoms with Crippen molar-refractivity contribution in [2.24, 2.45) is 0 Å². The lowest BCUT2D eigenvalue weighted by Crippen LogP contribution is -1.85. The van der Waals surface area contributed by atoms with Crippen molar-refractivity contribution in [2.45, 2.75) is 23.1 Å². The number of hydrogen-bond acceptors (Lipinski definition) is 3. The Morgan fingerprint density at radius 3 is 2.44 bits per heavy atom. The van der Waals surface area contributed by atoms with E-state index in [1.807, 2.05) is 36.4 Å². The van der Waals surface area contributed by atoms with Gasteiger partial charge < -0.3 is 9.84 Å². The summed E-state index contributed by atoms with van der Waals surface area (Å²) in [6, 6.07) is 13.5. The molecular weight excluding hydrogens is 244 g/mol. The highest BCUT2D eigenvalue weighted by Gasteiger charge is 2.04. The molecule has 0 aromatic heterocycles. The van der Waals surface area contributed by atoms with E-state index in [0.29, 0.717) is 5.75 Å². The first kappa shape index (κ1) is 12.8. The third-order valence-electron chi connectivity index (χ3n) is 2.71. The average molecular weight is 260 g/mol. The van der Waals surface area contributed by atoms with Crippen LogP contribution in [0.4, 0.5) is 0 Å². The molecule has 0 unspecified atom stereocenters. The lowest BCUT2D eigenvalue weighted by atomic mass is 10.2. The van der Waals surface area contributed by atoms with Gasteiger partial charge in [-0.15, -0.1) is 0 Å². The van der Waals surface area contributed by atoms with Gasteiger partial charge in [0.25, 0.3) is 0 Å². The third kappa shape index (κ3) is 2.99. The van der Waals surface area contributed by atoms with Crippen LogP contribution >= 0.6 is 11.8 Å². The van der Waals surface area contributed by atoms with Crippen LogP contribution in [0.15, 0.2) is 52.3 Å². The minimum atomic E-state index is 0.325. The van der Waals surface area contributed by atoms with Crippen LogP contribution in [-0.4, -0.2) is 12.2 Å². The Balaban J connectivity index is 2.22. The maximum Gasteiger partial charge on any atom is 0.118 e. The summed E-state index contributed by atoms with van der Waals surface area (Å²) in [6.07, 6.45) is 0.910. The fraction of sp³-hybridized carbons (Fsp3) is 0.200. The highest BCUT2D eigenvalue weighted by atomic mass is 32.2. The largest absolute Gasteiger partial charge is 0.508 e. The molecule has 3 heteroatoms. The summed E-state index contributed by atoms with van der Waals surface area (Å²) in [4.78, 5) is 2.34. The SMILES string of the molecule is CCc1cc(O)ccc1Sc1ccc(OC)cc1. The number of benzene rings is 2. The molecule has 2 nitrogen and oxygen atoms in total. The molecule has 0 saturated heterocycles. The van der Waals surface area contributed by atoms with Crippen molar-refractivity contribution in [3.05, 3.63) is 48.0 Å². The highest BCUT2D eigenvalue weighted by molar-refractivity contribution is 7.99. The van der Waals surface area contributed by atoms with Gasteiger partial charge in [-0.25, -0.2) is 0 Å². The fourth-order valence-corrected chi connectivity index (χ4v) is 2.71. The number of aromatic hydroxyl groups is 1. The van der Waals surface area contributed by atoms with Crippen molar-refractivity contribution in [3.63, 3.8) is 0 Å². The van der Waals surface area contributed by atoms with Crippen LogP contribution in [0, 0.1) is 0 Å². The molecule has 0 aliphatic rings. The Labute approximate surface area is 112 Å². The van der Waals surface area contributed by atoms with Gasteiger partial charge in [0.05, 0.1) is 7.11 Å². The standard InChI is InChI=1S/C15H16O2S/c1-3-11-10-12(16)4-9-15(11)18-14-7-5-13(17-2)6-8-14/h4-10,16H,3H2,1-2H3. The number of methoxy groups -OCH3 is 1. The number of phenols is 1. The smallest absolute Gasteiger partial charge is 0.118 e. The summed E-state index contributed by atoms with van der Waals surface area (Å²) in [5.41, 5.74) is 1.16. The monoisotopic (exact) mass is 260 g/mol. The van der Waals surface area contributed by atoms with Crippen LogP contribution in [0.3, 0.4) is 0 Å². The number of rotatable bonds is 4. The molecule has 94 valence electrons. The molecule has 0 aliphatic carbocycles. The van der Waals surface area contributed by atoms with Crippen molar-refractivity contribution in [1.82, 2.24) is 0 Å². The second-order valence-corrected chi connectivity index (χ2v) is 5.04. The number of phenolic OH excluding ortho intramolecular Hbond substituents is 1. The van der Waals surface area contributed by atoms with Crippen LogP contribution in [-0.2, 0) is 6.42 Å². The van der Waals surface area contributed by atoms with E-state index in [0.717, 1.165) is 22.6 Å². The number of ether oxygens (including phenoxy) is 1. The van der Waals surface area contributed by atoms with Crippen molar-refractivity contribution < 1.29 is 9.84 Å². The Bertz CT molecular complexity index is 521. The lowest BCUT2D eigenvalue weighted by molar-refractivity contribution is 0.414. The lowest BCUT2D eigenvalue weighted by Gasteiger charge is -2.08. The zero-order valence-electron chi connectivity index (χ0n) is 10.5. The van der Waals surface area contributed by atoms with Gasteiger partial charge in [-0.1, -0.05) is 18.7 Å². The van der Waals surface area contributed by atoms with Crippen molar-refractivity contribution in [1.29, 1.82) is 0 Å². The molecule has 2 rings (SSSR count). The second kappa shape index (κ2) is 5.83. The topological polar surface area (TPSA) is 29.5 Å². The average Bonchev–Trinajstić information content (AvgIpc) is 2.41. The molecule has 0 saturated carbocycles. The Morgan fingerprint density at radius 2 is 1.83 bits per heavy atom. The molecule has 0 bridgehead atoms. The fourth-order valence-electron chi connectivity index (χ4n) is 1.71. The van der Waals surface area contributed by atoms with Crippen molar-refractivity contribution in [3.8, 4) is 11.5 Å². The van der Waals surface area contributed by atoms with Crippen LogP contribution in [0.2, 0.25) is 0 Å². The zero-order chi connectivity index (χ0) is 13.0. The molecule has 1 N–H and O–H groups in total. The molecule has 0 amide bonds. The highest BCUT2D eigenvalue weighted by Crippen LogP contribution is 2.33. The van der Waals surface area contributed by atoms with Gasteiger partial charge in [-0.05, 0) is 54.4 Å². The van der Waals surface area contributed by atoms with Gasteiger partial charge in [-0.3, -0.25) is 0 Å². The Morgan fingerprint density at radius 1 is 1.11 bits per heavy atom. The predicted octanol–water partition coefficient (Wildman–Crippen LogP) is 4.11. The van der Waals surface area contributed by atoms with Crippen LogP contribution in [0.5, 0.6) is 11.5 Å². The maximum atomic E-state index is 9.48.